The van der Waals surface area contributed by atoms with Gasteiger partial charge in [-0.05, 0) is 11.6 Å². The van der Waals surface area contributed by atoms with E-state index in [1.807, 2.05) is 38.1 Å². The molecule has 0 bridgehead atoms. The molecule has 0 atom stereocenters. The van der Waals surface area contributed by atoms with Gasteiger partial charge >= 0.3 is 0 Å². The molecular weight excluding hydrogens is 357 g/mol. The molecule has 6 heteroatoms. The lowest BCUT2D eigenvalue weighted by atomic mass is 9.79. The lowest BCUT2D eigenvalue weighted by Gasteiger charge is -2.22. The SMILES string of the molecule is CC1(C)C(c2c(O)c(Cl)c(Cl)c(Cl)cc2=O)=Nc2ccccc21. The molecule has 0 radical (unpaired) electrons. The Labute approximate surface area is 148 Å². The molecule has 0 saturated heterocycles. The smallest absolute Gasteiger partial charge is 0.193 e. The summed E-state index contributed by atoms with van der Waals surface area (Å²) in [6, 6.07) is 8.72. The maximum Gasteiger partial charge on any atom is 0.193 e. The second-order valence-electron chi connectivity index (χ2n) is 5.81. The first-order valence-corrected chi connectivity index (χ1v) is 7.98. The number of aliphatic imine (C=N–C) groups is 1. The fourth-order valence-corrected chi connectivity index (χ4v) is 3.35. The van der Waals surface area contributed by atoms with E-state index in [1.165, 1.54) is 0 Å². The first-order chi connectivity index (χ1) is 10.7. The van der Waals surface area contributed by atoms with Crippen LogP contribution in [0.5, 0.6) is 5.75 Å². The molecule has 1 aliphatic rings. The molecule has 0 spiro atoms. The maximum absolute atomic E-state index is 12.5. The van der Waals surface area contributed by atoms with Crippen LogP contribution in [0.2, 0.25) is 15.1 Å². The Hall–Kier alpha value is -1.55. The first-order valence-electron chi connectivity index (χ1n) is 6.85. The normalized spacial score (nSPS) is 15.3. The summed E-state index contributed by atoms with van der Waals surface area (Å²) < 4.78 is 0. The lowest BCUT2D eigenvalue weighted by molar-refractivity contribution is 0.473. The van der Waals surface area contributed by atoms with Gasteiger partial charge in [-0.3, -0.25) is 9.79 Å². The quantitative estimate of drug-likeness (QED) is 0.759. The van der Waals surface area contributed by atoms with E-state index in [2.05, 4.69) is 4.99 Å². The summed E-state index contributed by atoms with van der Waals surface area (Å²) in [5.74, 6) is -0.409. The number of rotatable bonds is 1. The summed E-state index contributed by atoms with van der Waals surface area (Å²) in [5.41, 5.74) is 1.13. The standard InChI is InChI=1S/C17H12Cl3NO2/c1-17(2)8-5-3-4-6-10(8)21-16(17)12-11(22)7-9(18)13(19)14(20)15(12)23/h3-7,23H,1-2H3. The largest absolute Gasteiger partial charge is 0.505 e. The Bertz CT molecular complexity index is 920. The number of fused-ring (bicyclic) bond motifs is 1. The zero-order valence-corrected chi connectivity index (χ0v) is 14.6. The minimum atomic E-state index is -0.566. The predicted molar refractivity (Wildman–Crippen MR) is 95.1 cm³/mol. The molecule has 118 valence electrons. The zero-order chi connectivity index (χ0) is 16.9. The molecule has 2 aromatic carbocycles. The van der Waals surface area contributed by atoms with Gasteiger partial charge in [-0.2, -0.15) is 0 Å². The van der Waals surface area contributed by atoms with Crippen LogP contribution in [0.25, 0.3) is 0 Å². The van der Waals surface area contributed by atoms with Crippen LogP contribution < -0.4 is 5.43 Å². The van der Waals surface area contributed by atoms with Gasteiger partial charge in [0.15, 0.2) is 5.43 Å². The number of aromatic hydroxyl groups is 1. The number of hydrogen-bond acceptors (Lipinski definition) is 3. The maximum atomic E-state index is 12.5. The molecule has 0 unspecified atom stereocenters. The van der Waals surface area contributed by atoms with Crippen LogP contribution in [0.3, 0.4) is 0 Å². The summed E-state index contributed by atoms with van der Waals surface area (Å²) in [6.07, 6.45) is 0. The Balaban J connectivity index is 2.37. The lowest BCUT2D eigenvalue weighted by Crippen LogP contribution is -2.30. The number of para-hydroxylation sites is 1. The van der Waals surface area contributed by atoms with Crippen molar-refractivity contribution in [2.45, 2.75) is 19.3 Å². The summed E-state index contributed by atoms with van der Waals surface area (Å²) in [5, 5.41) is 10.2. The third-order valence-electron chi connectivity index (χ3n) is 3.99. The van der Waals surface area contributed by atoms with Gasteiger partial charge in [0.05, 0.1) is 27.0 Å². The molecule has 0 fully saturated rings. The van der Waals surface area contributed by atoms with Gasteiger partial charge < -0.3 is 5.11 Å². The van der Waals surface area contributed by atoms with Crippen molar-refractivity contribution in [1.82, 2.24) is 0 Å². The summed E-state index contributed by atoms with van der Waals surface area (Å²) in [7, 11) is 0. The van der Waals surface area contributed by atoms with Gasteiger partial charge in [0.2, 0.25) is 0 Å². The van der Waals surface area contributed by atoms with Crippen molar-refractivity contribution in [2.24, 2.45) is 4.99 Å². The van der Waals surface area contributed by atoms with E-state index in [0.717, 1.165) is 17.3 Å². The van der Waals surface area contributed by atoms with Crippen LogP contribution in [0.4, 0.5) is 5.69 Å². The number of hydrogen-bond donors (Lipinski definition) is 1. The molecule has 0 saturated carbocycles. The average Bonchev–Trinajstić information content (AvgIpc) is 2.74. The van der Waals surface area contributed by atoms with Crippen molar-refractivity contribution in [3.63, 3.8) is 0 Å². The molecule has 1 aliphatic heterocycles. The first kappa shape index (κ1) is 16.3. The number of benzene rings is 1. The van der Waals surface area contributed by atoms with Gasteiger partial charge in [0, 0.05) is 11.5 Å². The van der Waals surface area contributed by atoms with Crippen LogP contribution in [0, 0.1) is 0 Å². The van der Waals surface area contributed by atoms with Crippen molar-refractivity contribution in [2.75, 3.05) is 0 Å². The number of halogens is 3. The minimum Gasteiger partial charge on any atom is -0.505 e. The minimum absolute atomic E-state index is 0.0165. The Morgan fingerprint density at radius 3 is 2.39 bits per heavy atom. The van der Waals surface area contributed by atoms with Crippen molar-refractivity contribution in [3.05, 3.63) is 66.7 Å². The second kappa shape index (κ2) is 5.52. The van der Waals surface area contributed by atoms with E-state index in [4.69, 9.17) is 34.8 Å². The molecule has 0 amide bonds. The fourth-order valence-electron chi connectivity index (χ4n) is 2.77. The second-order valence-corrected chi connectivity index (χ2v) is 6.97. The van der Waals surface area contributed by atoms with Gasteiger partial charge in [0.25, 0.3) is 0 Å². The van der Waals surface area contributed by atoms with E-state index in [0.29, 0.717) is 5.71 Å². The summed E-state index contributed by atoms with van der Waals surface area (Å²) in [4.78, 5) is 17.1. The van der Waals surface area contributed by atoms with Crippen LogP contribution in [-0.2, 0) is 5.41 Å². The van der Waals surface area contributed by atoms with E-state index in [-0.39, 0.29) is 20.6 Å². The molecule has 0 aliphatic carbocycles. The summed E-state index contributed by atoms with van der Waals surface area (Å²) in [6.45, 7) is 3.86. The Morgan fingerprint density at radius 1 is 1.09 bits per heavy atom. The van der Waals surface area contributed by atoms with Gasteiger partial charge in [-0.15, -0.1) is 0 Å². The van der Waals surface area contributed by atoms with Gasteiger partial charge in [-0.25, -0.2) is 0 Å². The zero-order valence-electron chi connectivity index (χ0n) is 12.3. The molecule has 0 aromatic heterocycles. The molecule has 3 nitrogen and oxygen atoms in total. The molecule has 23 heavy (non-hydrogen) atoms. The monoisotopic (exact) mass is 367 g/mol. The van der Waals surface area contributed by atoms with Crippen molar-refractivity contribution < 1.29 is 5.11 Å². The average molecular weight is 369 g/mol. The molecule has 1 N–H and O–H groups in total. The van der Waals surface area contributed by atoms with Gasteiger partial charge in [0.1, 0.15) is 10.8 Å². The highest BCUT2D eigenvalue weighted by molar-refractivity contribution is 6.48. The highest BCUT2D eigenvalue weighted by atomic mass is 35.5. The molecular formula is C17H12Cl3NO2. The third-order valence-corrected chi connectivity index (χ3v) is 5.24. The van der Waals surface area contributed by atoms with Crippen molar-refractivity contribution in [3.8, 4) is 5.75 Å². The Kier molecular flexibility index (Phi) is 3.91. The van der Waals surface area contributed by atoms with Gasteiger partial charge in [-0.1, -0.05) is 66.8 Å². The molecule has 3 rings (SSSR count). The van der Waals surface area contributed by atoms with E-state index < -0.39 is 16.6 Å². The molecule has 1 heterocycles. The topological polar surface area (TPSA) is 49.7 Å². The highest BCUT2D eigenvalue weighted by Crippen LogP contribution is 2.44. The van der Waals surface area contributed by atoms with Crippen LogP contribution in [0.15, 0.2) is 40.1 Å². The number of nitrogens with zero attached hydrogens (tertiary/aromatic N) is 1. The van der Waals surface area contributed by atoms with Crippen LogP contribution >= 0.6 is 34.8 Å². The predicted octanol–water partition coefficient (Wildman–Crippen LogP) is 5.12. The van der Waals surface area contributed by atoms with Crippen molar-refractivity contribution in [1.29, 1.82) is 0 Å². The van der Waals surface area contributed by atoms with E-state index >= 15 is 0 Å². The fraction of sp³-hybridized carbons (Fsp3) is 0.176. The Morgan fingerprint density at radius 2 is 1.74 bits per heavy atom. The highest BCUT2D eigenvalue weighted by Gasteiger charge is 2.38. The van der Waals surface area contributed by atoms with Crippen LogP contribution in [-0.4, -0.2) is 10.8 Å². The summed E-state index contributed by atoms with van der Waals surface area (Å²) >= 11 is 18.0. The van der Waals surface area contributed by atoms with E-state index in [1.54, 1.807) is 0 Å². The van der Waals surface area contributed by atoms with Crippen LogP contribution in [0.1, 0.15) is 25.0 Å². The molecule has 2 aromatic rings. The van der Waals surface area contributed by atoms with E-state index in [9.17, 15) is 9.90 Å². The van der Waals surface area contributed by atoms with Crippen molar-refractivity contribution >= 4 is 46.2 Å². The third kappa shape index (κ3) is 2.44.